The van der Waals surface area contributed by atoms with Crippen LogP contribution in [0.1, 0.15) is 52.4 Å². The number of hydrogen-bond donors (Lipinski definition) is 0. The fraction of sp³-hybridized carbons (Fsp3) is 1.00. The Kier molecular flexibility index (Phi) is 12.7. The molecule has 0 aliphatic carbocycles. The van der Waals surface area contributed by atoms with Gasteiger partial charge in [0.25, 0.3) is 0 Å². The average Bonchev–Trinajstić information content (AvgIpc) is 2.35. The minimum absolute atomic E-state index is 0.256. The molecule has 0 aromatic carbocycles. The van der Waals surface area contributed by atoms with Crippen molar-refractivity contribution < 1.29 is 13.9 Å². The summed E-state index contributed by atoms with van der Waals surface area (Å²) >= 11 is 0. The van der Waals surface area contributed by atoms with Crippen molar-refractivity contribution in [2.75, 3.05) is 13.2 Å². The lowest BCUT2D eigenvalue weighted by molar-refractivity contribution is 0.126. The zero-order chi connectivity index (χ0) is 12.9. The molecule has 0 amide bonds. The quantitative estimate of drug-likeness (QED) is 0.384. The van der Waals surface area contributed by atoms with E-state index in [9.17, 15) is 9.13 Å². The van der Waals surface area contributed by atoms with E-state index >= 15 is 0 Å². The molecule has 0 aliphatic heterocycles. The standard InChI is InChI=1S/C12H24O3P2/c1-11(16-13)7-3-5-9-15-10-6-4-8-12(2)17-14/h11-12H,3-10H2,1-2H3. The van der Waals surface area contributed by atoms with Gasteiger partial charge in [-0.2, -0.15) is 0 Å². The van der Waals surface area contributed by atoms with E-state index in [1.54, 1.807) is 0 Å². The summed E-state index contributed by atoms with van der Waals surface area (Å²) in [5, 5.41) is 0. The second kappa shape index (κ2) is 12.6. The molecule has 100 valence electrons. The van der Waals surface area contributed by atoms with Crippen LogP contribution in [-0.2, 0) is 13.9 Å². The van der Waals surface area contributed by atoms with E-state index < -0.39 is 0 Å². The smallest absolute Gasteiger partial charge is 0.158 e. The minimum Gasteiger partial charge on any atom is -0.381 e. The molecule has 0 heterocycles. The first-order valence-corrected chi connectivity index (χ1v) is 8.19. The predicted octanol–water partition coefficient (Wildman–Crippen LogP) is 4.70. The van der Waals surface area contributed by atoms with Gasteiger partial charge in [0, 0.05) is 24.5 Å². The molecular weight excluding hydrogens is 254 g/mol. The van der Waals surface area contributed by atoms with E-state index in [4.69, 9.17) is 4.74 Å². The monoisotopic (exact) mass is 278 g/mol. The Morgan fingerprint density at radius 2 is 1.24 bits per heavy atom. The normalized spacial score (nSPS) is 15.2. The zero-order valence-electron chi connectivity index (χ0n) is 10.9. The Balaban J connectivity index is 3.08. The van der Waals surface area contributed by atoms with Gasteiger partial charge < -0.3 is 4.74 Å². The van der Waals surface area contributed by atoms with Crippen LogP contribution in [0.2, 0.25) is 0 Å². The highest BCUT2D eigenvalue weighted by molar-refractivity contribution is 7.24. The maximum absolute atomic E-state index is 10.5. The lowest BCUT2D eigenvalue weighted by atomic mass is 10.2. The molecule has 0 spiro atoms. The van der Waals surface area contributed by atoms with Crippen molar-refractivity contribution in [3.8, 4) is 0 Å². The Hall–Kier alpha value is 0.160. The van der Waals surface area contributed by atoms with Crippen LogP contribution in [0.4, 0.5) is 0 Å². The SMILES string of the molecule is CC(CCCCOCCCCC(C)P=O)P=O. The third-order valence-electron chi connectivity index (χ3n) is 2.68. The minimum atomic E-state index is 0.256. The second-order valence-corrected chi connectivity index (χ2v) is 6.70. The molecule has 0 aromatic heterocycles. The summed E-state index contributed by atoms with van der Waals surface area (Å²) in [6.45, 7) is 5.59. The lowest BCUT2D eigenvalue weighted by Crippen LogP contribution is -2.00. The van der Waals surface area contributed by atoms with Gasteiger partial charge in [0.15, 0.2) is 16.9 Å². The number of unbranched alkanes of at least 4 members (excludes halogenated alkanes) is 2. The van der Waals surface area contributed by atoms with E-state index in [1.165, 1.54) is 0 Å². The van der Waals surface area contributed by atoms with Crippen LogP contribution in [0.3, 0.4) is 0 Å². The van der Waals surface area contributed by atoms with Crippen LogP contribution >= 0.6 is 16.9 Å². The molecule has 2 atom stereocenters. The molecule has 3 nitrogen and oxygen atoms in total. The molecule has 0 radical (unpaired) electrons. The van der Waals surface area contributed by atoms with Crippen molar-refractivity contribution >= 4 is 16.9 Å². The van der Waals surface area contributed by atoms with E-state index in [1.807, 2.05) is 13.8 Å². The van der Waals surface area contributed by atoms with Crippen LogP contribution in [0.15, 0.2) is 0 Å². The third kappa shape index (κ3) is 12.4. The molecule has 0 bridgehead atoms. The van der Waals surface area contributed by atoms with Gasteiger partial charge >= 0.3 is 0 Å². The van der Waals surface area contributed by atoms with Crippen LogP contribution in [0.5, 0.6) is 0 Å². The lowest BCUT2D eigenvalue weighted by Gasteiger charge is -2.05. The van der Waals surface area contributed by atoms with Crippen molar-refractivity contribution in [3.63, 3.8) is 0 Å². The summed E-state index contributed by atoms with van der Waals surface area (Å²) in [6, 6.07) is 0. The van der Waals surface area contributed by atoms with Crippen molar-refractivity contribution in [2.45, 2.75) is 63.7 Å². The van der Waals surface area contributed by atoms with E-state index in [0.717, 1.165) is 51.7 Å². The average molecular weight is 278 g/mol. The van der Waals surface area contributed by atoms with Gasteiger partial charge in [-0.15, -0.1) is 0 Å². The highest BCUT2D eigenvalue weighted by atomic mass is 31.1. The van der Waals surface area contributed by atoms with Gasteiger partial charge in [0.1, 0.15) is 0 Å². The topological polar surface area (TPSA) is 43.4 Å². The van der Waals surface area contributed by atoms with Gasteiger partial charge in [-0.05, 0) is 25.7 Å². The van der Waals surface area contributed by atoms with Crippen LogP contribution in [0.25, 0.3) is 0 Å². The fourth-order valence-electron chi connectivity index (χ4n) is 1.50. The third-order valence-corrected chi connectivity index (χ3v) is 3.92. The first-order chi connectivity index (χ1) is 8.20. The van der Waals surface area contributed by atoms with Gasteiger partial charge in [0.05, 0.1) is 0 Å². The van der Waals surface area contributed by atoms with Crippen molar-refractivity contribution in [2.24, 2.45) is 0 Å². The van der Waals surface area contributed by atoms with Crippen LogP contribution in [-0.4, -0.2) is 24.5 Å². The molecule has 0 saturated heterocycles. The largest absolute Gasteiger partial charge is 0.381 e. The first kappa shape index (κ1) is 17.2. The van der Waals surface area contributed by atoms with Gasteiger partial charge in [-0.25, -0.2) is 0 Å². The Morgan fingerprint density at radius 3 is 1.59 bits per heavy atom. The first-order valence-electron chi connectivity index (χ1n) is 6.43. The van der Waals surface area contributed by atoms with Crippen molar-refractivity contribution in [3.05, 3.63) is 0 Å². The molecular formula is C12H24O3P2. The zero-order valence-corrected chi connectivity index (χ0v) is 12.7. The van der Waals surface area contributed by atoms with E-state index in [0.29, 0.717) is 0 Å². The van der Waals surface area contributed by atoms with Gasteiger partial charge in [-0.3, -0.25) is 9.13 Å². The summed E-state index contributed by atoms with van der Waals surface area (Å²) in [5.74, 6) is 0. The predicted molar refractivity (Wildman–Crippen MR) is 72.7 cm³/mol. The maximum atomic E-state index is 10.5. The fourth-order valence-corrected chi connectivity index (χ4v) is 2.07. The Bertz CT molecular complexity index is 180. The maximum Gasteiger partial charge on any atom is 0.158 e. The highest BCUT2D eigenvalue weighted by Gasteiger charge is 2.01. The number of ether oxygens (including phenoxy) is 1. The summed E-state index contributed by atoms with van der Waals surface area (Å²) in [4.78, 5) is 0. The summed E-state index contributed by atoms with van der Waals surface area (Å²) < 4.78 is 26.4. The summed E-state index contributed by atoms with van der Waals surface area (Å²) in [5.41, 5.74) is 0.561. The summed E-state index contributed by atoms with van der Waals surface area (Å²) in [6.07, 6.45) is 6.29. The summed E-state index contributed by atoms with van der Waals surface area (Å²) in [7, 11) is 0.511. The molecule has 0 aromatic rings. The van der Waals surface area contributed by atoms with Gasteiger partial charge in [0.2, 0.25) is 0 Å². The van der Waals surface area contributed by atoms with Gasteiger partial charge in [-0.1, -0.05) is 26.7 Å². The number of hydrogen-bond acceptors (Lipinski definition) is 3. The molecule has 17 heavy (non-hydrogen) atoms. The van der Waals surface area contributed by atoms with E-state index in [2.05, 4.69) is 0 Å². The van der Waals surface area contributed by atoms with Crippen LogP contribution in [0, 0.1) is 0 Å². The molecule has 0 rings (SSSR count). The molecule has 0 aliphatic rings. The molecule has 5 heteroatoms. The molecule has 0 fully saturated rings. The molecule has 2 unspecified atom stereocenters. The molecule has 0 N–H and O–H groups in total. The van der Waals surface area contributed by atoms with Crippen LogP contribution < -0.4 is 0 Å². The van der Waals surface area contributed by atoms with Crippen molar-refractivity contribution in [1.82, 2.24) is 0 Å². The molecule has 0 saturated carbocycles. The van der Waals surface area contributed by atoms with Crippen molar-refractivity contribution in [1.29, 1.82) is 0 Å². The number of rotatable bonds is 12. The Morgan fingerprint density at radius 1 is 0.824 bits per heavy atom. The second-order valence-electron chi connectivity index (χ2n) is 4.51. The van der Waals surface area contributed by atoms with E-state index in [-0.39, 0.29) is 28.2 Å². The Labute approximate surface area is 108 Å². The highest BCUT2D eigenvalue weighted by Crippen LogP contribution is 2.14.